The molecule has 0 radical (unpaired) electrons. The standard InChI is InChI=1S/C17H29N5/c1-15(22-11-9-21(3)10-12-22)13-19-17(18-2)20-14-16-7-5-4-6-8-16/h4-8,15H,9-14H2,1-3H3,(H2,18,19,20). The van der Waals surface area contributed by atoms with Crippen LogP contribution in [0.3, 0.4) is 0 Å². The maximum atomic E-state index is 4.30. The molecule has 0 bridgehead atoms. The number of nitrogens with one attached hydrogen (secondary N) is 2. The molecule has 0 spiro atoms. The zero-order chi connectivity index (χ0) is 15.8. The second-order valence-electron chi connectivity index (χ2n) is 5.98. The van der Waals surface area contributed by atoms with Crippen molar-refractivity contribution in [3.8, 4) is 0 Å². The van der Waals surface area contributed by atoms with Crippen molar-refractivity contribution in [1.29, 1.82) is 0 Å². The summed E-state index contributed by atoms with van der Waals surface area (Å²) in [5, 5.41) is 6.79. The van der Waals surface area contributed by atoms with Crippen LogP contribution in [0.1, 0.15) is 12.5 Å². The van der Waals surface area contributed by atoms with Gasteiger partial charge in [0, 0.05) is 52.4 Å². The Morgan fingerprint density at radius 3 is 2.45 bits per heavy atom. The maximum absolute atomic E-state index is 4.30. The van der Waals surface area contributed by atoms with Crippen molar-refractivity contribution in [1.82, 2.24) is 20.4 Å². The van der Waals surface area contributed by atoms with Gasteiger partial charge in [0.05, 0.1) is 0 Å². The van der Waals surface area contributed by atoms with Gasteiger partial charge in [0.2, 0.25) is 0 Å². The lowest BCUT2D eigenvalue weighted by Gasteiger charge is -2.36. The van der Waals surface area contributed by atoms with Crippen LogP contribution in [0.4, 0.5) is 0 Å². The van der Waals surface area contributed by atoms with E-state index >= 15 is 0 Å². The van der Waals surface area contributed by atoms with Gasteiger partial charge in [-0.1, -0.05) is 30.3 Å². The Labute approximate surface area is 134 Å². The van der Waals surface area contributed by atoms with Crippen molar-refractivity contribution in [3.05, 3.63) is 35.9 Å². The molecule has 0 aromatic heterocycles. The minimum Gasteiger partial charge on any atom is -0.355 e. The van der Waals surface area contributed by atoms with Gasteiger partial charge in [-0.3, -0.25) is 9.89 Å². The summed E-state index contributed by atoms with van der Waals surface area (Å²) < 4.78 is 0. The monoisotopic (exact) mass is 303 g/mol. The molecule has 1 aromatic carbocycles. The average molecular weight is 303 g/mol. The molecule has 1 unspecified atom stereocenters. The number of hydrogen-bond donors (Lipinski definition) is 2. The molecule has 0 aliphatic carbocycles. The highest BCUT2D eigenvalue weighted by Crippen LogP contribution is 2.04. The van der Waals surface area contributed by atoms with Crippen LogP contribution >= 0.6 is 0 Å². The second-order valence-corrected chi connectivity index (χ2v) is 5.98. The minimum atomic E-state index is 0.518. The molecular formula is C17H29N5. The molecule has 0 saturated carbocycles. The maximum Gasteiger partial charge on any atom is 0.191 e. The fourth-order valence-corrected chi connectivity index (χ4v) is 2.64. The van der Waals surface area contributed by atoms with E-state index in [1.54, 1.807) is 0 Å². The van der Waals surface area contributed by atoms with Crippen molar-refractivity contribution >= 4 is 5.96 Å². The Morgan fingerprint density at radius 1 is 1.14 bits per heavy atom. The smallest absolute Gasteiger partial charge is 0.191 e. The molecule has 1 saturated heterocycles. The van der Waals surface area contributed by atoms with Gasteiger partial charge in [-0.2, -0.15) is 0 Å². The summed E-state index contributed by atoms with van der Waals surface area (Å²) in [6, 6.07) is 10.9. The lowest BCUT2D eigenvalue weighted by molar-refractivity contribution is 0.120. The Hall–Kier alpha value is -1.59. The Kier molecular flexibility index (Phi) is 6.68. The summed E-state index contributed by atoms with van der Waals surface area (Å²) in [7, 11) is 4.01. The number of aliphatic imine (C=N–C) groups is 1. The summed E-state index contributed by atoms with van der Waals surface area (Å²) in [5.74, 6) is 0.866. The fourth-order valence-electron chi connectivity index (χ4n) is 2.64. The zero-order valence-electron chi connectivity index (χ0n) is 14.0. The van der Waals surface area contributed by atoms with Crippen LogP contribution in [0.5, 0.6) is 0 Å². The van der Waals surface area contributed by atoms with Gasteiger partial charge in [-0.05, 0) is 19.5 Å². The third-order valence-electron chi connectivity index (χ3n) is 4.25. The molecule has 1 heterocycles. The second kappa shape index (κ2) is 8.76. The van der Waals surface area contributed by atoms with Gasteiger partial charge < -0.3 is 15.5 Å². The minimum absolute atomic E-state index is 0.518. The van der Waals surface area contributed by atoms with Crippen molar-refractivity contribution < 1.29 is 0 Å². The van der Waals surface area contributed by atoms with Gasteiger partial charge in [0.15, 0.2) is 5.96 Å². The lowest BCUT2D eigenvalue weighted by atomic mass is 10.2. The van der Waals surface area contributed by atoms with E-state index in [1.807, 2.05) is 13.1 Å². The molecule has 22 heavy (non-hydrogen) atoms. The van der Waals surface area contributed by atoms with Crippen LogP contribution in [-0.2, 0) is 6.54 Å². The van der Waals surface area contributed by atoms with Crippen LogP contribution < -0.4 is 10.6 Å². The fraction of sp³-hybridized carbons (Fsp3) is 0.588. The van der Waals surface area contributed by atoms with E-state index in [9.17, 15) is 0 Å². The summed E-state index contributed by atoms with van der Waals surface area (Å²) >= 11 is 0. The van der Waals surface area contributed by atoms with Crippen LogP contribution in [0.15, 0.2) is 35.3 Å². The largest absolute Gasteiger partial charge is 0.355 e. The molecule has 1 fully saturated rings. The Balaban J connectivity index is 1.71. The highest BCUT2D eigenvalue weighted by atomic mass is 15.3. The van der Waals surface area contributed by atoms with Gasteiger partial charge >= 0.3 is 0 Å². The zero-order valence-corrected chi connectivity index (χ0v) is 14.0. The van der Waals surface area contributed by atoms with Gasteiger partial charge in [0.25, 0.3) is 0 Å². The molecule has 5 heteroatoms. The normalized spacial score (nSPS) is 19.0. The van der Waals surface area contributed by atoms with Crippen molar-refractivity contribution in [3.63, 3.8) is 0 Å². The predicted octanol–water partition coefficient (Wildman–Crippen LogP) is 0.988. The van der Waals surface area contributed by atoms with E-state index in [2.05, 4.69) is 63.7 Å². The summed E-state index contributed by atoms with van der Waals surface area (Å²) in [6.45, 7) is 8.60. The molecule has 122 valence electrons. The quantitative estimate of drug-likeness (QED) is 0.629. The molecule has 1 atom stereocenters. The molecule has 2 N–H and O–H groups in total. The number of nitrogens with zero attached hydrogens (tertiary/aromatic N) is 3. The number of hydrogen-bond acceptors (Lipinski definition) is 3. The molecule has 5 nitrogen and oxygen atoms in total. The van der Waals surface area contributed by atoms with Crippen LogP contribution in [0.25, 0.3) is 0 Å². The van der Waals surface area contributed by atoms with E-state index in [4.69, 9.17) is 0 Å². The first-order valence-corrected chi connectivity index (χ1v) is 8.10. The van der Waals surface area contributed by atoms with Gasteiger partial charge in [-0.15, -0.1) is 0 Å². The average Bonchev–Trinajstić information content (AvgIpc) is 2.56. The summed E-state index contributed by atoms with van der Waals surface area (Å²) in [4.78, 5) is 9.23. The first-order chi connectivity index (χ1) is 10.7. The molecule has 1 aliphatic heterocycles. The van der Waals surface area contributed by atoms with Crippen molar-refractivity contribution in [2.75, 3.05) is 46.8 Å². The Morgan fingerprint density at radius 2 is 1.82 bits per heavy atom. The number of piperazine rings is 1. The van der Waals surface area contributed by atoms with Crippen molar-refractivity contribution in [2.24, 2.45) is 4.99 Å². The third kappa shape index (κ3) is 5.31. The summed E-state index contributed by atoms with van der Waals surface area (Å²) in [5.41, 5.74) is 1.26. The van der Waals surface area contributed by atoms with Gasteiger partial charge in [0.1, 0.15) is 0 Å². The molecule has 1 aromatic rings. The Bertz CT molecular complexity index is 451. The third-order valence-corrected chi connectivity index (χ3v) is 4.25. The number of rotatable bonds is 5. The number of likely N-dealkylation sites (N-methyl/N-ethyl adjacent to an activating group) is 1. The molecule has 1 aliphatic rings. The molecule has 0 amide bonds. The topological polar surface area (TPSA) is 42.9 Å². The van der Waals surface area contributed by atoms with E-state index in [0.717, 1.165) is 45.2 Å². The van der Waals surface area contributed by atoms with E-state index in [1.165, 1.54) is 5.56 Å². The van der Waals surface area contributed by atoms with E-state index in [-0.39, 0.29) is 0 Å². The summed E-state index contributed by atoms with van der Waals surface area (Å²) in [6.07, 6.45) is 0. The van der Waals surface area contributed by atoms with Crippen molar-refractivity contribution in [2.45, 2.75) is 19.5 Å². The van der Waals surface area contributed by atoms with Gasteiger partial charge in [-0.25, -0.2) is 0 Å². The van der Waals surface area contributed by atoms with Crippen LogP contribution in [0, 0.1) is 0 Å². The molecular weight excluding hydrogens is 274 g/mol. The lowest BCUT2D eigenvalue weighted by Crippen LogP contribution is -2.52. The first kappa shape index (κ1) is 16.8. The van der Waals surface area contributed by atoms with E-state index < -0.39 is 0 Å². The SMILES string of the molecule is CN=C(NCc1ccccc1)NCC(C)N1CCN(C)CC1. The number of guanidine groups is 1. The van der Waals surface area contributed by atoms with Crippen LogP contribution in [0.2, 0.25) is 0 Å². The first-order valence-electron chi connectivity index (χ1n) is 8.10. The van der Waals surface area contributed by atoms with E-state index in [0.29, 0.717) is 6.04 Å². The molecule has 2 rings (SSSR count). The highest BCUT2D eigenvalue weighted by molar-refractivity contribution is 5.79. The predicted molar refractivity (Wildman–Crippen MR) is 93.2 cm³/mol. The number of benzene rings is 1. The van der Waals surface area contributed by atoms with Crippen LogP contribution in [-0.4, -0.2) is 68.6 Å². The highest BCUT2D eigenvalue weighted by Gasteiger charge is 2.18.